The Labute approximate surface area is 139 Å². The van der Waals surface area contributed by atoms with Crippen LogP contribution in [0.15, 0.2) is 30.6 Å². The number of hydrogen-bond donors (Lipinski definition) is 1. The number of nitrogens with zero attached hydrogens (tertiary/aromatic N) is 3. The van der Waals surface area contributed by atoms with E-state index in [0.717, 1.165) is 24.2 Å². The van der Waals surface area contributed by atoms with Gasteiger partial charge >= 0.3 is 0 Å². The normalized spacial score (nSPS) is 20.3. The van der Waals surface area contributed by atoms with Crippen LogP contribution in [-0.4, -0.2) is 40.7 Å². The summed E-state index contributed by atoms with van der Waals surface area (Å²) in [5.41, 5.74) is 1.59. The van der Waals surface area contributed by atoms with Crippen LogP contribution in [-0.2, 0) is 18.4 Å². The molecule has 1 aliphatic heterocycles. The number of hydrogen-bond acceptors (Lipinski definition) is 3. The zero-order chi connectivity index (χ0) is 17.3. The van der Waals surface area contributed by atoms with Crippen LogP contribution in [0.4, 0.5) is 8.78 Å². The molecule has 3 rings (SSSR count). The second-order valence-corrected chi connectivity index (χ2v) is 6.26. The molecule has 0 unspecified atom stereocenters. The maximum absolute atomic E-state index is 13.3. The third-order valence-electron chi connectivity index (χ3n) is 4.46. The summed E-state index contributed by atoms with van der Waals surface area (Å²) in [4.78, 5) is 14.3. The van der Waals surface area contributed by atoms with Crippen molar-refractivity contribution in [1.29, 1.82) is 0 Å². The fourth-order valence-electron chi connectivity index (χ4n) is 3.19. The van der Waals surface area contributed by atoms with E-state index in [1.807, 2.05) is 13.2 Å². The van der Waals surface area contributed by atoms with Crippen LogP contribution in [0, 0.1) is 17.6 Å². The van der Waals surface area contributed by atoms with Gasteiger partial charge < -0.3 is 10.2 Å². The Hall–Kier alpha value is -2.28. The summed E-state index contributed by atoms with van der Waals surface area (Å²) in [7, 11) is 3.53. The van der Waals surface area contributed by atoms with Crippen LogP contribution in [0.5, 0.6) is 0 Å². The van der Waals surface area contributed by atoms with Crippen molar-refractivity contribution < 1.29 is 13.6 Å². The second-order valence-electron chi connectivity index (χ2n) is 6.26. The minimum absolute atomic E-state index is 0.0152. The van der Waals surface area contributed by atoms with E-state index in [9.17, 15) is 13.6 Å². The number of benzene rings is 1. The Kier molecular flexibility index (Phi) is 4.62. The number of carbonyl (C=O) groups is 1. The van der Waals surface area contributed by atoms with Crippen molar-refractivity contribution in [3.05, 3.63) is 53.4 Å². The van der Waals surface area contributed by atoms with Gasteiger partial charge in [0.2, 0.25) is 5.91 Å². The fourth-order valence-corrected chi connectivity index (χ4v) is 3.19. The van der Waals surface area contributed by atoms with E-state index in [4.69, 9.17) is 0 Å². The third-order valence-corrected chi connectivity index (χ3v) is 4.46. The van der Waals surface area contributed by atoms with E-state index in [0.29, 0.717) is 12.1 Å². The van der Waals surface area contributed by atoms with Gasteiger partial charge in [0, 0.05) is 45.8 Å². The van der Waals surface area contributed by atoms with E-state index < -0.39 is 11.6 Å². The largest absolute Gasteiger partial charge is 0.341 e. The lowest BCUT2D eigenvalue weighted by atomic mass is 9.90. The van der Waals surface area contributed by atoms with Crippen molar-refractivity contribution in [2.24, 2.45) is 13.0 Å². The first-order valence-corrected chi connectivity index (χ1v) is 7.84. The molecule has 5 nitrogen and oxygen atoms in total. The lowest BCUT2D eigenvalue weighted by molar-refractivity contribution is -0.134. The molecule has 2 heterocycles. The molecule has 1 amide bonds. The molecule has 1 aliphatic rings. The number of aryl methyl sites for hydroxylation is 1. The van der Waals surface area contributed by atoms with E-state index in [-0.39, 0.29) is 24.3 Å². The standard InChI is InChI=1S/C17H20F2N4O/c1-22(9-11-3-4-15(18)16(19)5-11)17(24)14-8-20-7-13(14)12-6-21-23(2)10-12/h3-6,10,13-14,20H,7-9H2,1-2H3/t13-,14+/m1/s1. The summed E-state index contributed by atoms with van der Waals surface area (Å²) in [5.74, 6) is -1.92. The number of rotatable bonds is 4. The highest BCUT2D eigenvalue weighted by Crippen LogP contribution is 2.29. The number of nitrogens with one attached hydrogen (secondary N) is 1. The van der Waals surface area contributed by atoms with Gasteiger partial charge in [-0.1, -0.05) is 6.07 Å². The Balaban J connectivity index is 1.71. The zero-order valence-corrected chi connectivity index (χ0v) is 13.7. The molecule has 7 heteroatoms. The fraction of sp³-hybridized carbons (Fsp3) is 0.412. The number of carbonyl (C=O) groups excluding carboxylic acids is 1. The quantitative estimate of drug-likeness (QED) is 0.925. The molecule has 24 heavy (non-hydrogen) atoms. The van der Waals surface area contributed by atoms with Gasteiger partial charge in [0.1, 0.15) is 0 Å². The Morgan fingerprint density at radius 3 is 2.83 bits per heavy atom. The van der Waals surface area contributed by atoms with E-state index >= 15 is 0 Å². The SMILES string of the molecule is CN(Cc1ccc(F)c(F)c1)C(=O)[C@H]1CNC[C@@H]1c1cnn(C)c1. The Bertz CT molecular complexity index is 746. The van der Waals surface area contributed by atoms with Crippen LogP contribution >= 0.6 is 0 Å². The van der Waals surface area contributed by atoms with Gasteiger partial charge in [-0.3, -0.25) is 9.48 Å². The second kappa shape index (κ2) is 6.68. The highest BCUT2D eigenvalue weighted by Gasteiger charge is 2.36. The predicted molar refractivity (Wildman–Crippen MR) is 85.1 cm³/mol. The van der Waals surface area contributed by atoms with E-state index in [2.05, 4.69) is 10.4 Å². The maximum Gasteiger partial charge on any atom is 0.227 e. The van der Waals surface area contributed by atoms with Gasteiger partial charge in [-0.2, -0.15) is 5.10 Å². The van der Waals surface area contributed by atoms with Crippen LogP contribution in [0.2, 0.25) is 0 Å². The summed E-state index contributed by atoms with van der Waals surface area (Å²) in [6.07, 6.45) is 3.71. The van der Waals surface area contributed by atoms with Gasteiger partial charge in [0.25, 0.3) is 0 Å². The molecular weight excluding hydrogens is 314 g/mol. The molecule has 0 spiro atoms. The highest BCUT2D eigenvalue weighted by molar-refractivity contribution is 5.80. The molecule has 0 radical (unpaired) electrons. The summed E-state index contributed by atoms with van der Waals surface area (Å²) < 4.78 is 28.1. The molecule has 128 valence electrons. The number of halogens is 2. The first-order chi connectivity index (χ1) is 11.5. The monoisotopic (exact) mass is 334 g/mol. The number of aromatic nitrogens is 2. The minimum Gasteiger partial charge on any atom is -0.341 e. The maximum atomic E-state index is 13.3. The van der Waals surface area contributed by atoms with Crippen molar-refractivity contribution >= 4 is 5.91 Å². The van der Waals surface area contributed by atoms with Crippen LogP contribution in [0.3, 0.4) is 0 Å². The highest BCUT2D eigenvalue weighted by atomic mass is 19.2. The molecule has 0 aliphatic carbocycles. The van der Waals surface area contributed by atoms with Gasteiger partial charge in [-0.15, -0.1) is 0 Å². The average molecular weight is 334 g/mol. The Morgan fingerprint density at radius 2 is 2.17 bits per heavy atom. The molecule has 0 bridgehead atoms. The van der Waals surface area contributed by atoms with Gasteiger partial charge in [0.05, 0.1) is 12.1 Å². The van der Waals surface area contributed by atoms with Crippen molar-refractivity contribution in [3.63, 3.8) is 0 Å². The topological polar surface area (TPSA) is 50.2 Å². The van der Waals surface area contributed by atoms with Crippen molar-refractivity contribution in [2.75, 3.05) is 20.1 Å². The molecule has 1 fully saturated rings. The average Bonchev–Trinajstić information content (AvgIpc) is 3.18. The van der Waals surface area contributed by atoms with Gasteiger partial charge in [-0.05, 0) is 23.3 Å². The molecular formula is C17H20F2N4O. The summed E-state index contributed by atoms with van der Waals surface area (Å²) in [6.45, 7) is 1.56. The van der Waals surface area contributed by atoms with E-state index in [1.54, 1.807) is 22.8 Å². The number of amides is 1. The molecule has 0 saturated carbocycles. The first kappa shape index (κ1) is 16.6. The van der Waals surface area contributed by atoms with Gasteiger partial charge in [-0.25, -0.2) is 8.78 Å². The summed E-state index contributed by atoms with van der Waals surface area (Å²) in [5, 5.41) is 7.42. The minimum atomic E-state index is -0.899. The van der Waals surface area contributed by atoms with Crippen molar-refractivity contribution in [2.45, 2.75) is 12.5 Å². The molecule has 1 N–H and O–H groups in total. The smallest absolute Gasteiger partial charge is 0.227 e. The van der Waals surface area contributed by atoms with Crippen LogP contribution < -0.4 is 5.32 Å². The van der Waals surface area contributed by atoms with E-state index in [1.165, 1.54) is 6.07 Å². The lowest BCUT2D eigenvalue weighted by Gasteiger charge is -2.24. The lowest BCUT2D eigenvalue weighted by Crippen LogP contribution is -2.35. The summed E-state index contributed by atoms with van der Waals surface area (Å²) >= 11 is 0. The Morgan fingerprint density at radius 1 is 1.38 bits per heavy atom. The third kappa shape index (κ3) is 3.31. The van der Waals surface area contributed by atoms with Crippen LogP contribution in [0.25, 0.3) is 0 Å². The van der Waals surface area contributed by atoms with Crippen molar-refractivity contribution in [3.8, 4) is 0 Å². The molecule has 1 aromatic carbocycles. The first-order valence-electron chi connectivity index (χ1n) is 7.84. The predicted octanol–water partition coefficient (Wildman–Crippen LogP) is 1.66. The molecule has 1 aromatic heterocycles. The van der Waals surface area contributed by atoms with Gasteiger partial charge in [0.15, 0.2) is 11.6 Å². The zero-order valence-electron chi connectivity index (χ0n) is 13.7. The molecule has 2 atom stereocenters. The summed E-state index contributed by atoms with van der Waals surface area (Å²) in [6, 6.07) is 3.71. The molecule has 1 saturated heterocycles. The van der Waals surface area contributed by atoms with Crippen LogP contribution in [0.1, 0.15) is 17.0 Å². The van der Waals surface area contributed by atoms with Crippen molar-refractivity contribution in [1.82, 2.24) is 20.0 Å². The molecule has 2 aromatic rings.